The molecule has 0 fully saturated rings. The van der Waals surface area contributed by atoms with E-state index in [-0.39, 0.29) is 6.04 Å². The van der Waals surface area contributed by atoms with E-state index in [0.29, 0.717) is 5.92 Å². The van der Waals surface area contributed by atoms with E-state index >= 15 is 0 Å². The van der Waals surface area contributed by atoms with Gasteiger partial charge in [-0.25, -0.2) is 4.98 Å². The molecule has 3 heteroatoms. The topological polar surface area (TPSA) is 38.9 Å². The lowest BCUT2D eigenvalue weighted by atomic mass is 10.0. The Bertz CT molecular complexity index is 466. The van der Waals surface area contributed by atoms with Gasteiger partial charge in [0.05, 0.1) is 0 Å². The highest BCUT2D eigenvalue weighted by Crippen LogP contribution is 2.27. The smallest absolute Gasteiger partial charge is 0.101 e. The number of aromatic nitrogens is 1. The molecular formula is C16H20N2S. The third kappa shape index (κ3) is 3.82. The van der Waals surface area contributed by atoms with E-state index in [0.717, 1.165) is 10.6 Å². The minimum absolute atomic E-state index is 0.0388. The lowest BCUT2D eigenvalue weighted by molar-refractivity contribution is 0.806. The summed E-state index contributed by atoms with van der Waals surface area (Å²) in [6.07, 6.45) is 1.86. The van der Waals surface area contributed by atoms with E-state index in [9.17, 15) is 0 Å². The van der Waals surface area contributed by atoms with Crippen molar-refractivity contribution in [1.82, 2.24) is 4.98 Å². The average Bonchev–Trinajstić information content (AvgIpc) is 2.40. The van der Waals surface area contributed by atoms with Crippen molar-refractivity contribution in [3.8, 4) is 0 Å². The van der Waals surface area contributed by atoms with Crippen molar-refractivity contribution < 1.29 is 0 Å². The number of hydrogen-bond donors (Lipinski definition) is 1. The van der Waals surface area contributed by atoms with Crippen molar-refractivity contribution in [3.63, 3.8) is 0 Å². The average molecular weight is 272 g/mol. The van der Waals surface area contributed by atoms with Gasteiger partial charge in [-0.05, 0) is 42.2 Å². The first-order valence-corrected chi connectivity index (χ1v) is 7.37. The summed E-state index contributed by atoms with van der Waals surface area (Å²) in [4.78, 5) is 5.65. The van der Waals surface area contributed by atoms with Gasteiger partial charge >= 0.3 is 0 Å². The molecule has 2 aromatic rings. The van der Waals surface area contributed by atoms with Crippen molar-refractivity contribution in [2.45, 2.75) is 42.7 Å². The second-order valence-corrected chi connectivity index (χ2v) is 6.14. The van der Waals surface area contributed by atoms with Gasteiger partial charge in [-0.3, -0.25) is 0 Å². The zero-order chi connectivity index (χ0) is 13.8. The molecule has 2 nitrogen and oxygen atoms in total. The third-order valence-electron chi connectivity index (χ3n) is 3.05. The number of benzene rings is 1. The molecule has 1 aromatic heterocycles. The highest BCUT2D eigenvalue weighted by Gasteiger charge is 2.03. The third-order valence-corrected chi connectivity index (χ3v) is 4.01. The van der Waals surface area contributed by atoms with Crippen LogP contribution in [0.25, 0.3) is 0 Å². The molecule has 2 N–H and O–H groups in total. The van der Waals surface area contributed by atoms with Gasteiger partial charge in [0.25, 0.3) is 0 Å². The molecule has 0 aliphatic carbocycles. The standard InChI is InChI=1S/C16H20N2S/c1-11(2)13-4-7-15(8-5-13)19-16-9-6-14(10-18-16)12(3)17/h4-12H,17H2,1-3H3/t12-/m0/s1. The van der Waals surface area contributed by atoms with Crippen LogP contribution in [0.2, 0.25) is 0 Å². The highest BCUT2D eigenvalue weighted by atomic mass is 32.2. The van der Waals surface area contributed by atoms with E-state index in [1.54, 1.807) is 11.8 Å². The monoisotopic (exact) mass is 272 g/mol. The van der Waals surface area contributed by atoms with Crippen molar-refractivity contribution in [2.75, 3.05) is 0 Å². The van der Waals surface area contributed by atoms with Crippen LogP contribution in [-0.2, 0) is 0 Å². The predicted octanol–water partition coefficient (Wildman–Crippen LogP) is 4.38. The molecule has 0 spiro atoms. The second kappa shape index (κ2) is 6.22. The molecule has 0 aliphatic rings. The van der Waals surface area contributed by atoms with Crippen molar-refractivity contribution >= 4 is 11.8 Å². The van der Waals surface area contributed by atoms with E-state index in [2.05, 4.69) is 43.1 Å². The van der Waals surface area contributed by atoms with Crippen LogP contribution in [-0.4, -0.2) is 4.98 Å². The van der Waals surface area contributed by atoms with Gasteiger partial charge in [0.1, 0.15) is 5.03 Å². The fraction of sp³-hybridized carbons (Fsp3) is 0.312. The maximum Gasteiger partial charge on any atom is 0.101 e. The SMILES string of the molecule is CC(C)c1ccc(Sc2ccc([C@H](C)N)cn2)cc1. The molecule has 1 aromatic carbocycles. The van der Waals surface area contributed by atoms with Gasteiger partial charge in [-0.15, -0.1) is 0 Å². The predicted molar refractivity (Wildman–Crippen MR) is 81.5 cm³/mol. The van der Waals surface area contributed by atoms with Crippen LogP contribution in [0.15, 0.2) is 52.5 Å². The van der Waals surface area contributed by atoms with Crippen LogP contribution in [0.1, 0.15) is 43.9 Å². The molecule has 0 saturated heterocycles. The summed E-state index contributed by atoms with van der Waals surface area (Å²) >= 11 is 1.68. The molecule has 0 saturated carbocycles. The summed E-state index contributed by atoms with van der Waals surface area (Å²) in [5.41, 5.74) is 8.25. The molecule has 0 aliphatic heterocycles. The van der Waals surface area contributed by atoms with Crippen LogP contribution < -0.4 is 5.73 Å². The Kier molecular flexibility index (Phi) is 4.61. The molecule has 19 heavy (non-hydrogen) atoms. The first-order valence-electron chi connectivity index (χ1n) is 6.55. The summed E-state index contributed by atoms with van der Waals surface area (Å²) < 4.78 is 0. The van der Waals surface area contributed by atoms with Gasteiger partial charge in [0, 0.05) is 17.1 Å². The fourth-order valence-corrected chi connectivity index (χ4v) is 2.52. The van der Waals surface area contributed by atoms with E-state index in [4.69, 9.17) is 5.73 Å². The first kappa shape index (κ1) is 14.1. The van der Waals surface area contributed by atoms with Gasteiger partial charge in [-0.1, -0.05) is 43.8 Å². The van der Waals surface area contributed by atoms with Gasteiger partial charge < -0.3 is 5.73 Å². The summed E-state index contributed by atoms with van der Waals surface area (Å²) in [6, 6.07) is 12.8. The largest absolute Gasteiger partial charge is 0.324 e. The van der Waals surface area contributed by atoms with Gasteiger partial charge in [0.2, 0.25) is 0 Å². The highest BCUT2D eigenvalue weighted by molar-refractivity contribution is 7.99. The van der Waals surface area contributed by atoms with Crippen LogP contribution >= 0.6 is 11.8 Å². The number of pyridine rings is 1. The number of hydrogen-bond acceptors (Lipinski definition) is 3. The van der Waals surface area contributed by atoms with E-state index in [1.807, 2.05) is 25.3 Å². The molecule has 0 amide bonds. The molecular weight excluding hydrogens is 252 g/mol. The Morgan fingerprint density at radius 3 is 2.05 bits per heavy atom. The Morgan fingerprint density at radius 2 is 1.58 bits per heavy atom. The first-order chi connectivity index (χ1) is 9.06. The van der Waals surface area contributed by atoms with Crippen molar-refractivity contribution in [3.05, 3.63) is 53.7 Å². The summed E-state index contributed by atoms with van der Waals surface area (Å²) in [5.74, 6) is 0.572. The number of rotatable bonds is 4. The lowest BCUT2D eigenvalue weighted by Crippen LogP contribution is -2.04. The Hall–Kier alpha value is -1.32. The van der Waals surface area contributed by atoms with Crippen LogP contribution in [0.3, 0.4) is 0 Å². The van der Waals surface area contributed by atoms with Crippen molar-refractivity contribution in [2.24, 2.45) is 5.73 Å². The number of nitrogens with two attached hydrogens (primary N) is 1. The molecule has 2 rings (SSSR count). The summed E-state index contributed by atoms with van der Waals surface area (Å²) in [5, 5.41) is 1.00. The van der Waals surface area contributed by atoms with Crippen LogP contribution in [0.4, 0.5) is 0 Å². The van der Waals surface area contributed by atoms with Crippen LogP contribution in [0, 0.1) is 0 Å². The quantitative estimate of drug-likeness (QED) is 0.898. The second-order valence-electron chi connectivity index (χ2n) is 5.04. The van der Waals surface area contributed by atoms with E-state index < -0.39 is 0 Å². The Labute approximate surface area is 119 Å². The normalized spacial score (nSPS) is 12.7. The zero-order valence-corrected chi connectivity index (χ0v) is 12.4. The van der Waals surface area contributed by atoms with Crippen LogP contribution in [0.5, 0.6) is 0 Å². The maximum absolute atomic E-state index is 5.81. The van der Waals surface area contributed by atoms with Crippen molar-refractivity contribution in [1.29, 1.82) is 0 Å². The molecule has 0 radical (unpaired) electrons. The fourth-order valence-electron chi connectivity index (χ4n) is 1.76. The molecule has 0 unspecified atom stereocenters. The molecule has 100 valence electrons. The lowest BCUT2D eigenvalue weighted by Gasteiger charge is -2.08. The molecule has 1 heterocycles. The molecule has 0 bridgehead atoms. The summed E-state index contributed by atoms with van der Waals surface area (Å²) in [7, 11) is 0. The van der Waals surface area contributed by atoms with Gasteiger partial charge in [-0.2, -0.15) is 0 Å². The Balaban J connectivity index is 2.08. The molecule has 1 atom stereocenters. The zero-order valence-electron chi connectivity index (χ0n) is 11.6. The maximum atomic E-state index is 5.81. The Morgan fingerprint density at radius 1 is 0.947 bits per heavy atom. The minimum atomic E-state index is 0.0388. The van der Waals surface area contributed by atoms with Gasteiger partial charge in [0.15, 0.2) is 0 Å². The summed E-state index contributed by atoms with van der Waals surface area (Å²) in [6.45, 7) is 6.38. The van der Waals surface area contributed by atoms with E-state index in [1.165, 1.54) is 10.5 Å². The minimum Gasteiger partial charge on any atom is -0.324 e. The number of nitrogens with zero attached hydrogens (tertiary/aromatic N) is 1.